The van der Waals surface area contributed by atoms with Crippen LogP contribution in [0, 0.1) is 0 Å². The molecule has 0 bridgehead atoms. The van der Waals surface area contributed by atoms with Crippen molar-refractivity contribution in [3.05, 3.63) is 72.1 Å². The average Bonchev–Trinajstić information content (AvgIpc) is 3.17. The number of carboxylic acids is 1. The highest BCUT2D eigenvalue weighted by Gasteiger charge is 2.27. The molecule has 0 saturated heterocycles. The highest BCUT2D eigenvalue weighted by molar-refractivity contribution is 7.94. The molecule has 0 fully saturated rings. The summed E-state index contributed by atoms with van der Waals surface area (Å²) >= 11 is 1.04. The number of nitrogens with zero attached hydrogens (tertiary/aromatic N) is 1. The van der Waals surface area contributed by atoms with Gasteiger partial charge in [-0.2, -0.15) is 0 Å². The Hall–Kier alpha value is -2.84. The van der Waals surface area contributed by atoms with E-state index in [0.29, 0.717) is 11.5 Å². The van der Waals surface area contributed by atoms with Gasteiger partial charge in [0.1, 0.15) is 22.3 Å². The van der Waals surface area contributed by atoms with Crippen LogP contribution in [0.4, 0.5) is 5.69 Å². The Bertz CT molecular complexity index is 968. The third-order valence-corrected chi connectivity index (χ3v) is 6.57. The number of carboxylic acid groups (broad SMARTS) is 1. The lowest BCUT2D eigenvalue weighted by atomic mass is 10.3. The van der Waals surface area contributed by atoms with E-state index in [1.165, 1.54) is 18.2 Å². The molecule has 8 heteroatoms. The fraction of sp³-hybridized carbons (Fsp3) is 0.0556. The van der Waals surface area contributed by atoms with Crippen LogP contribution in [0.2, 0.25) is 0 Å². The predicted molar refractivity (Wildman–Crippen MR) is 99.4 cm³/mol. The first-order valence-electron chi connectivity index (χ1n) is 7.58. The molecule has 0 amide bonds. The number of hydrogen-bond acceptors (Lipinski definition) is 5. The van der Waals surface area contributed by atoms with Crippen LogP contribution < -0.4 is 9.04 Å². The molecule has 3 rings (SSSR count). The first-order chi connectivity index (χ1) is 12.5. The molecule has 0 saturated carbocycles. The van der Waals surface area contributed by atoms with Gasteiger partial charge in [-0.25, -0.2) is 8.42 Å². The standard InChI is InChI=1S/C18H15NO5S2/c20-17(21)13-19(26(22,23)18-7-4-12-25-18)14-8-10-16(11-9-14)24-15-5-2-1-3-6-15/h1-12H,13H2,(H,20,21). The third kappa shape index (κ3) is 4.04. The summed E-state index contributed by atoms with van der Waals surface area (Å²) < 4.78 is 32.1. The van der Waals surface area contributed by atoms with Gasteiger partial charge in [-0.15, -0.1) is 11.3 Å². The van der Waals surface area contributed by atoms with Crippen LogP contribution in [0.25, 0.3) is 0 Å². The number of sulfonamides is 1. The minimum atomic E-state index is -3.95. The van der Waals surface area contributed by atoms with Crippen molar-refractivity contribution in [2.24, 2.45) is 0 Å². The number of rotatable bonds is 7. The minimum Gasteiger partial charge on any atom is -0.480 e. The molecule has 0 unspecified atom stereocenters. The minimum absolute atomic E-state index is 0.0864. The molecular formula is C18H15NO5S2. The fourth-order valence-electron chi connectivity index (χ4n) is 2.26. The van der Waals surface area contributed by atoms with Crippen LogP contribution in [-0.4, -0.2) is 26.0 Å². The van der Waals surface area contributed by atoms with Crippen LogP contribution in [0.3, 0.4) is 0 Å². The Kier molecular flexibility index (Phi) is 5.24. The average molecular weight is 389 g/mol. The van der Waals surface area contributed by atoms with Crippen molar-refractivity contribution in [3.8, 4) is 11.5 Å². The molecule has 0 aliphatic heterocycles. The van der Waals surface area contributed by atoms with Gasteiger partial charge in [0.15, 0.2) is 0 Å². The van der Waals surface area contributed by atoms with Crippen LogP contribution in [0.1, 0.15) is 0 Å². The fourth-order valence-corrected chi connectivity index (χ4v) is 4.78. The summed E-state index contributed by atoms with van der Waals surface area (Å²) in [5.74, 6) is -0.0765. The first-order valence-corrected chi connectivity index (χ1v) is 9.90. The van der Waals surface area contributed by atoms with Crippen molar-refractivity contribution in [3.63, 3.8) is 0 Å². The maximum absolute atomic E-state index is 12.7. The second-order valence-electron chi connectivity index (χ2n) is 5.25. The Balaban J connectivity index is 1.89. The zero-order valence-electron chi connectivity index (χ0n) is 13.5. The van der Waals surface area contributed by atoms with Gasteiger partial charge in [0.2, 0.25) is 0 Å². The Morgan fingerprint density at radius 1 is 0.962 bits per heavy atom. The number of carbonyl (C=O) groups is 1. The Morgan fingerprint density at radius 2 is 1.62 bits per heavy atom. The molecule has 134 valence electrons. The third-order valence-electron chi connectivity index (χ3n) is 3.42. The van der Waals surface area contributed by atoms with Crippen LogP contribution in [0.5, 0.6) is 11.5 Å². The van der Waals surface area contributed by atoms with E-state index >= 15 is 0 Å². The highest BCUT2D eigenvalue weighted by atomic mass is 32.2. The Labute approximate surface area is 155 Å². The van der Waals surface area contributed by atoms with E-state index in [2.05, 4.69) is 0 Å². The maximum Gasteiger partial charge on any atom is 0.324 e. The molecule has 0 atom stereocenters. The van der Waals surface area contributed by atoms with Crippen LogP contribution >= 0.6 is 11.3 Å². The largest absolute Gasteiger partial charge is 0.480 e. The molecular weight excluding hydrogens is 374 g/mol. The molecule has 0 radical (unpaired) electrons. The maximum atomic E-state index is 12.7. The summed E-state index contributed by atoms with van der Waals surface area (Å²) in [6.07, 6.45) is 0. The van der Waals surface area contributed by atoms with Gasteiger partial charge < -0.3 is 9.84 Å². The van der Waals surface area contributed by atoms with Gasteiger partial charge >= 0.3 is 5.97 Å². The smallest absolute Gasteiger partial charge is 0.324 e. The lowest BCUT2D eigenvalue weighted by molar-refractivity contribution is -0.135. The zero-order valence-corrected chi connectivity index (χ0v) is 15.1. The number of benzene rings is 2. The topological polar surface area (TPSA) is 83.9 Å². The molecule has 1 N–H and O–H groups in total. The lowest BCUT2D eigenvalue weighted by Gasteiger charge is -2.22. The van der Waals surface area contributed by atoms with E-state index in [1.807, 2.05) is 18.2 Å². The van der Waals surface area contributed by atoms with E-state index in [4.69, 9.17) is 9.84 Å². The van der Waals surface area contributed by atoms with E-state index < -0.39 is 22.5 Å². The molecule has 1 aromatic heterocycles. The lowest BCUT2D eigenvalue weighted by Crippen LogP contribution is -2.35. The number of para-hydroxylation sites is 1. The number of thiophene rings is 1. The zero-order chi connectivity index (χ0) is 18.6. The van der Waals surface area contributed by atoms with Crippen molar-refractivity contribution >= 4 is 33.0 Å². The summed E-state index contributed by atoms with van der Waals surface area (Å²) in [6.45, 7) is -0.668. The second kappa shape index (κ2) is 7.59. The number of hydrogen-bond donors (Lipinski definition) is 1. The monoisotopic (exact) mass is 389 g/mol. The molecule has 6 nitrogen and oxygen atoms in total. The van der Waals surface area contributed by atoms with Gasteiger partial charge in [0, 0.05) is 0 Å². The van der Waals surface area contributed by atoms with Gasteiger partial charge in [-0.3, -0.25) is 9.10 Å². The van der Waals surface area contributed by atoms with Crippen molar-refractivity contribution in [2.75, 3.05) is 10.8 Å². The summed E-state index contributed by atoms with van der Waals surface area (Å²) in [6, 6.07) is 18.4. The molecule has 2 aromatic carbocycles. The Morgan fingerprint density at radius 3 is 2.19 bits per heavy atom. The predicted octanol–water partition coefficient (Wildman–Crippen LogP) is 3.82. The molecule has 26 heavy (non-hydrogen) atoms. The van der Waals surface area contributed by atoms with E-state index in [0.717, 1.165) is 15.6 Å². The summed E-state index contributed by atoms with van der Waals surface area (Å²) in [4.78, 5) is 11.2. The normalized spacial score (nSPS) is 11.1. The van der Waals surface area contributed by atoms with E-state index in [1.54, 1.807) is 35.7 Å². The number of anilines is 1. The molecule has 0 aliphatic rings. The summed E-state index contributed by atoms with van der Waals surface area (Å²) in [5, 5.41) is 10.8. The second-order valence-corrected chi connectivity index (χ2v) is 8.28. The van der Waals surface area contributed by atoms with Crippen LogP contribution in [-0.2, 0) is 14.8 Å². The van der Waals surface area contributed by atoms with Gasteiger partial charge in [-0.1, -0.05) is 24.3 Å². The highest BCUT2D eigenvalue weighted by Crippen LogP contribution is 2.29. The van der Waals surface area contributed by atoms with E-state index in [-0.39, 0.29) is 9.90 Å². The first kappa shape index (κ1) is 18.0. The molecule has 0 spiro atoms. The number of ether oxygens (including phenoxy) is 1. The molecule has 3 aromatic rings. The summed E-state index contributed by atoms with van der Waals surface area (Å²) in [7, 11) is -3.95. The van der Waals surface area contributed by atoms with Crippen molar-refractivity contribution in [1.29, 1.82) is 0 Å². The van der Waals surface area contributed by atoms with Crippen molar-refractivity contribution < 1.29 is 23.1 Å². The van der Waals surface area contributed by atoms with Gasteiger partial charge in [0.05, 0.1) is 5.69 Å². The quantitative estimate of drug-likeness (QED) is 0.664. The van der Waals surface area contributed by atoms with Gasteiger partial charge in [0.25, 0.3) is 10.0 Å². The van der Waals surface area contributed by atoms with Crippen LogP contribution in [0.15, 0.2) is 76.3 Å². The molecule has 1 heterocycles. The van der Waals surface area contributed by atoms with Crippen molar-refractivity contribution in [2.45, 2.75) is 4.21 Å². The summed E-state index contributed by atoms with van der Waals surface area (Å²) in [5.41, 5.74) is 0.251. The molecule has 0 aliphatic carbocycles. The SMILES string of the molecule is O=C(O)CN(c1ccc(Oc2ccccc2)cc1)S(=O)(=O)c1cccs1. The van der Waals surface area contributed by atoms with Gasteiger partial charge in [-0.05, 0) is 47.8 Å². The number of aliphatic carboxylic acids is 1. The van der Waals surface area contributed by atoms with Crippen molar-refractivity contribution in [1.82, 2.24) is 0 Å². The van der Waals surface area contributed by atoms with E-state index in [9.17, 15) is 13.2 Å².